The number of amides is 1. The fraction of sp³-hybridized carbons (Fsp3) is 0.917. The number of nitrogens with one attached hydrogen (secondary N) is 2. The first-order chi connectivity index (χ1) is 7.22. The lowest BCUT2D eigenvalue weighted by atomic mass is 10.0. The van der Waals surface area contributed by atoms with E-state index < -0.39 is 0 Å². The van der Waals surface area contributed by atoms with Gasteiger partial charge in [0.2, 0.25) is 5.91 Å². The van der Waals surface area contributed by atoms with Gasteiger partial charge in [0, 0.05) is 12.5 Å². The molecular formula is C12H25ClN2O. The van der Waals surface area contributed by atoms with Gasteiger partial charge < -0.3 is 10.6 Å². The summed E-state index contributed by atoms with van der Waals surface area (Å²) in [6.07, 6.45) is 5.17. The molecule has 0 radical (unpaired) electrons. The summed E-state index contributed by atoms with van der Waals surface area (Å²) >= 11 is 0. The lowest BCUT2D eigenvalue weighted by Gasteiger charge is -2.24. The lowest BCUT2D eigenvalue weighted by Crippen LogP contribution is -2.43. The van der Waals surface area contributed by atoms with Crippen molar-refractivity contribution in [2.75, 3.05) is 13.1 Å². The third-order valence-corrected chi connectivity index (χ3v) is 3.02. The molecule has 1 unspecified atom stereocenters. The van der Waals surface area contributed by atoms with Crippen LogP contribution < -0.4 is 10.6 Å². The molecule has 0 aliphatic carbocycles. The van der Waals surface area contributed by atoms with Gasteiger partial charge in [-0.25, -0.2) is 0 Å². The lowest BCUT2D eigenvalue weighted by molar-refractivity contribution is -0.122. The Labute approximate surface area is 105 Å². The third kappa shape index (κ3) is 6.33. The van der Waals surface area contributed by atoms with Gasteiger partial charge >= 0.3 is 0 Å². The molecule has 1 rings (SSSR count). The van der Waals surface area contributed by atoms with Crippen molar-refractivity contribution in [2.24, 2.45) is 5.92 Å². The van der Waals surface area contributed by atoms with E-state index in [9.17, 15) is 4.79 Å². The van der Waals surface area contributed by atoms with Gasteiger partial charge in [-0.1, -0.05) is 26.7 Å². The zero-order valence-electron chi connectivity index (χ0n) is 10.4. The summed E-state index contributed by atoms with van der Waals surface area (Å²) in [5.41, 5.74) is 0. The van der Waals surface area contributed by atoms with Crippen LogP contribution in [0.2, 0.25) is 0 Å². The van der Waals surface area contributed by atoms with Gasteiger partial charge in [-0.05, 0) is 31.8 Å². The molecule has 1 aliphatic rings. The molecular weight excluding hydrogens is 224 g/mol. The Morgan fingerprint density at radius 1 is 1.44 bits per heavy atom. The Balaban J connectivity index is 0.00000225. The molecule has 0 bridgehead atoms. The highest BCUT2D eigenvalue weighted by atomic mass is 35.5. The molecule has 1 heterocycles. The van der Waals surface area contributed by atoms with Crippen molar-refractivity contribution in [3.63, 3.8) is 0 Å². The highest BCUT2D eigenvalue weighted by Crippen LogP contribution is 2.10. The Bertz CT molecular complexity index is 193. The average molecular weight is 249 g/mol. The van der Waals surface area contributed by atoms with E-state index in [0.29, 0.717) is 18.4 Å². The van der Waals surface area contributed by atoms with Crippen LogP contribution in [0.4, 0.5) is 0 Å². The topological polar surface area (TPSA) is 41.1 Å². The van der Waals surface area contributed by atoms with E-state index in [4.69, 9.17) is 0 Å². The average Bonchev–Trinajstić information content (AvgIpc) is 2.19. The van der Waals surface area contributed by atoms with E-state index in [2.05, 4.69) is 24.5 Å². The molecule has 1 saturated heterocycles. The van der Waals surface area contributed by atoms with Crippen LogP contribution in [0.5, 0.6) is 0 Å². The second-order valence-electron chi connectivity index (χ2n) is 4.69. The number of carbonyl (C=O) groups excluding carboxylic acids is 1. The van der Waals surface area contributed by atoms with E-state index in [-0.39, 0.29) is 18.3 Å². The Hall–Kier alpha value is -0.280. The van der Waals surface area contributed by atoms with Crippen LogP contribution in [0.3, 0.4) is 0 Å². The van der Waals surface area contributed by atoms with Gasteiger partial charge in [-0.3, -0.25) is 4.79 Å². The molecule has 1 amide bonds. The summed E-state index contributed by atoms with van der Waals surface area (Å²) in [7, 11) is 0. The molecule has 1 aliphatic heterocycles. The van der Waals surface area contributed by atoms with Crippen molar-refractivity contribution in [1.82, 2.24) is 10.6 Å². The number of rotatable bonds is 5. The minimum absolute atomic E-state index is 0. The second kappa shape index (κ2) is 8.82. The van der Waals surface area contributed by atoms with Gasteiger partial charge in [0.15, 0.2) is 0 Å². The highest BCUT2D eigenvalue weighted by molar-refractivity contribution is 5.85. The first-order valence-electron chi connectivity index (χ1n) is 6.22. The fourth-order valence-corrected chi connectivity index (χ4v) is 2.16. The summed E-state index contributed by atoms with van der Waals surface area (Å²) in [6.45, 7) is 6.40. The second-order valence-corrected chi connectivity index (χ2v) is 4.69. The van der Waals surface area contributed by atoms with Crippen molar-refractivity contribution < 1.29 is 4.79 Å². The van der Waals surface area contributed by atoms with E-state index >= 15 is 0 Å². The van der Waals surface area contributed by atoms with Crippen LogP contribution in [0.15, 0.2) is 0 Å². The van der Waals surface area contributed by atoms with Crippen molar-refractivity contribution in [2.45, 2.75) is 52.0 Å². The zero-order valence-corrected chi connectivity index (χ0v) is 11.2. The third-order valence-electron chi connectivity index (χ3n) is 3.02. The molecule has 0 aromatic heterocycles. The Morgan fingerprint density at radius 2 is 2.06 bits per heavy atom. The molecule has 0 saturated carbocycles. The van der Waals surface area contributed by atoms with E-state index in [0.717, 1.165) is 32.4 Å². The molecule has 3 nitrogen and oxygen atoms in total. The largest absolute Gasteiger partial charge is 0.353 e. The zero-order chi connectivity index (χ0) is 11.1. The minimum atomic E-state index is 0. The molecule has 0 spiro atoms. The summed E-state index contributed by atoms with van der Waals surface area (Å²) in [4.78, 5) is 11.7. The van der Waals surface area contributed by atoms with Gasteiger partial charge in [-0.2, -0.15) is 0 Å². The summed E-state index contributed by atoms with van der Waals surface area (Å²) in [5.74, 6) is 0.763. The number of hydrogen-bond donors (Lipinski definition) is 2. The van der Waals surface area contributed by atoms with Gasteiger partial charge in [-0.15, -0.1) is 12.4 Å². The fourth-order valence-electron chi connectivity index (χ4n) is 2.16. The number of halogens is 1. The standard InChI is InChI=1S/C12H24N2O.ClH/c1-3-4-10(2)9-12(15)14-11-5-7-13-8-6-11;/h10-11,13H,3-9H2,1-2H3,(H,14,15);1H. The van der Waals surface area contributed by atoms with Crippen LogP contribution in [-0.2, 0) is 4.79 Å². The first-order valence-corrected chi connectivity index (χ1v) is 6.22. The first kappa shape index (κ1) is 15.7. The number of carbonyl (C=O) groups is 1. The van der Waals surface area contributed by atoms with Gasteiger partial charge in [0.05, 0.1) is 0 Å². The monoisotopic (exact) mass is 248 g/mol. The van der Waals surface area contributed by atoms with Crippen LogP contribution in [0, 0.1) is 5.92 Å². The minimum Gasteiger partial charge on any atom is -0.353 e. The molecule has 16 heavy (non-hydrogen) atoms. The number of piperidine rings is 1. The quantitative estimate of drug-likeness (QED) is 0.783. The predicted octanol–water partition coefficient (Wildman–Crippen LogP) is 2.10. The Kier molecular flexibility index (Phi) is 8.67. The molecule has 1 fully saturated rings. The van der Waals surface area contributed by atoms with Crippen molar-refractivity contribution in [3.8, 4) is 0 Å². The Morgan fingerprint density at radius 3 is 2.62 bits per heavy atom. The maximum Gasteiger partial charge on any atom is 0.220 e. The highest BCUT2D eigenvalue weighted by Gasteiger charge is 2.16. The van der Waals surface area contributed by atoms with Crippen LogP contribution in [-0.4, -0.2) is 25.0 Å². The van der Waals surface area contributed by atoms with E-state index in [1.54, 1.807) is 0 Å². The van der Waals surface area contributed by atoms with Crippen LogP contribution in [0.1, 0.15) is 46.0 Å². The molecule has 0 aromatic rings. The van der Waals surface area contributed by atoms with Crippen molar-refractivity contribution in [1.29, 1.82) is 0 Å². The molecule has 2 N–H and O–H groups in total. The predicted molar refractivity (Wildman–Crippen MR) is 70.0 cm³/mol. The normalized spacial score (nSPS) is 18.6. The summed E-state index contributed by atoms with van der Waals surface area (Å²) < 4.78 is 0. The van der Waals surface area contributed by atoms with Crippen LogP contribution >= 0.6 is 12.4 Å². The summed E-state index contributed by atoms with van der Waals surface area (Å²) in [6, 6.07) is 0.410. The van der Waals surface area contributed by atoms with Gasteiger partial charge in [0.1, 0.15) is 0 Å². The molecule has 4 heteroatoms. The molecule has 1 atom stereocenters. The van der Waals surface area contributed by atoms with E-state index in [1.807, 2.05) is 0 Å². The molecule has 0 aromatic carbocycles. The van der Waals surface area contributed by atoms with E-state index in [1.165, 1.54) is 6.42 Å². The van der Waals surface area contributed by atoms with Crippen LogP contribution in [0.25, 0.3) is 0 Å². The SMILES string of the molecule is CCCC(C)CC(=O)NC1CCNCC1.Cl. The maximum atomic E-state index is 11.7. The smallest absolute Gasteiger partial charge is 0.220 e. The maximum absolute atomic E-state index is 11.7. The number of hydrogen-bond acceptors (Lipinski definition) is 2. The summed E-state index contributed by atoms with van der Waals surface area (Å²) in [5, 5.41) is 6.43. The van der Waals surface area contributed by atoms with Crippen molar-refractivity contribution >= 4 is 18.3 Å². The van der Waals surface area contributed by atoms with Gasteiger partial charge in [0.25, 0.3) is 0 Å². The molecule has 96 valence electrons. The van der Waals surface area contributed by atoms with Crippen molar-refractivity contribution in [3.05, 3.63) is 0 Å².